The van der Waals surface area contributed by atoms with Gasteiger partial charge in [0.2, 0.25) is 5.89 Å². The normalized spacial score (nSPS) is 12.0. The fourth-order valence-corrected chi connectivity index (χ4v) is 16.4. The van der Waals surface area contributed by atoms with Crippen LogP contribution in [-0.2, 0) is 0 Å². The van der Waals surface area contributed by atoms with Crippen LogP contribution in [0.1, 0.15) is 50.1 Å². The molecule has 0 radical (unpaired) electrons. The maximum absolute atomic E-state index is 12.7. The summed E-state index contributed by atoms with van der Waals surface area (Å²) in [5, 5.41) is 22.4. The first-order valence-electron chi connectivity index (χ1n) is 34.8. The molecule has 14 aromatic carbocycles. The Labute approximate surface area is 584 Å². The van der Waals surface area contributed by atoms with Crippen LogP contribution in [0.4, 0.5) is 0 Å². The number of nitriles is 1. The van der Waals surface area contributed by atoms with Gasteiger partial charge in [0.05, 0.1) is 55.3 Å². The van der Waals surface area contributed by atoms with Crippen LogP contribution in [0.5, 0.6) is 0 Å². The van der Waals surface area contributed by atoms with Crippen molar-refractivity contribution in [2.24, 2.45) is 0 Å². The second-order valence-electron chi connectivity index (χ2n) is 28.0. The lowest BCUT2D eigenvalue weighted by molar-refractivity contribution is 0.620. The molecule has 101 heavy (non-hydrogen) atoms. The average molecular weight is 1300 g/mol. The van der Waals surface area contributed by atoms with E-state index in [2.05, 4.69) is 322 Å². The van der Waals surface area contributed by atoms with Crippen LogP contribution in [0.2, 0.25) is 0 Å². The van der Waals surface area contributed by atoms with Crippen LogP contribution in [0.15, 0.2) is 271 Å². The molecular weight excluding hydrogens is 1230 g/mol. The summed E-state index contributed by atoms with van der Waals surface area (Å²) in [6.45, 7) is 17.3. The molecule has 5 heterocycles. The first kappa shape index (κ1) is 59.5. The smallest absolute Gasteiger partial charge is 0.228 e. The molecule has 19 aromatic rings. The molecule has 7 nitrogen and oxygen atoms in total. The van der Waals surface area contributed by atoms with Gasteiger partial charge in [-0.15, -0.1) is 0 Å². The predicted molar refractivity (Wildman–Crippen MR) is 421 cm³/mol. The first-order valence-corrected chi connectivity index (χ1v) is 34.8. The van der Waals surface area contributed by atoms with Crippen molar-refractivity contribution in [2.45, 2.75) is 55.4 Å². The lowest BCUT2D eigenvalue weighted by atomic mass is 9.77. The summed E-state index contributed by atoms with van der Waals surface area (Å²) in [6.07, 6.45) is 0. The molecule has 0 bridgehead atoms. The number of aromatic nitrogens is 5. The van der Waals surface area contributed by atoms with Crippen molar-refractivity contribution in [1.82, 2.24) is 23.3 Å². The predicted octanol–water partition coefficient (Wildman–Crippen LogP) is 24.9. The van der Waals surface area contributed by atoms with E-state index < -0.39 is 0 Å². The molecular formula is C94H68N6O. The van der Waals surface area contributed by atoms with Crippen LogP contribution >= 0.6 is 0 Å². The maximum Gasteiger partial charge on any atom is 0.228 e. The van der Waals surface area contributed by atoms with Gasteiger partial charge in [0.25, 0.3) is 0 Å². The second-order valence-corrected chi connectivity index (χ2v) is 28.0. The van der Waals surface area contributed by atoms with Crippen molar-refractivity contribution in [1.29, 1.82) is 5.26 Å². The molecule has 0 N–H and O–H groups in total. The highest BCUT2D eigenvalue weighted by molar-refractivity contribution is 6.15. The lowest BCUT2D eigenvalue weighted by Gasteiger charge is -2.25. The van der Waals surface area contributed by atoms with E-state index in [1.165, 1.54) is 87.6 Å². The number of nitrogens with zero attached hydrogens (tertiary/aromatic N) is 6. The van der Waals surface area contributed by atoms with Gasteiger partial charge >= 0.3 is 0 Å². The highest BCUT2D eigenvalue weighted by Gasteiger charge is 2.32. The van der Waals surface area contributed by atoms with Crippen LogP contribution in [0.3, 0.4) is 0 Å². The van der Waals surface area contributed by atoms with Crippen molar-refractivity contribution in [2.75, 3.05) is 0 Å². The van der Waals surface area contributed by atoms with Gasteiger partial charge in [-0.3, -0.25) is 0 Å². The van der Waals surface area contributed by atoms with Crippen molar-refractivity contribution < 1.29 is 4.42 Å². The molecule has 0 aliphatic heterocycles. The molecule has 0 saturated carbocycles. The minimum absolute atomic E-state index is 0.412. The van der Waals surface area contributed by atoms with Gasteiger partial charge in [-0.1, -0.05) is 154 Å². The molecule has 0 unspecified atom stereocenters. The Bertz CT molecular complexity index is 6490. The Balaban J connectivity index is 0.919. The van der Waals surface area contributed by atoms with Gasteiger partial charge < -0.3 is 22.7 Å². The zero-order chi connectivity index (χ0) is 68.2. The molecule has 0 aliphatic carbocycles. The van der Waals surface area contributed by atoms with E-state index in [0.717, 1.165) is 117 Å². The topological polar surface area (TPSA) is 69.5 Å². The summed E-state index contributed by atoms with van der Waals surface area (Å²) >= 11 is 0. The third kappa shape index (κ3) is 9.36. The van der Waals surface area contributed by atoms with Gasteiger partial charge in [0.15, 0.2) is 5.58 Å². The summed E-state index contributed by atoms with van der Waals surface area (Å²) in [5.74, 6) is 0.412. The fraction of sp³-hybridized carbons (Fsp3) is 0.0851. The molecule has 0 amide bonds. The van der Waals surface area contributed by atoms with Crippen LogP contribution in [-0.4, -0.2) is 23.3 Å². The van der Waals surface area contributed by atoms with E-state index >= 15 is 0 Å². The summed E-state index contributed by atoms with van der Waals surface area (Å²) in [5.41, 5.74) is 32.3. The minimum Gasteiger partial charge on any atom is -0.436 e. The molecule has 0 aliphatic rings. The molecule has 7 heteroatoms. The Morgan fingerprint density at radius 3 is 0.762 bits per heavy atom. The molecule has 5 aromatic heterocycles. The SMILES string of the molecule is Cc1ccc2c(c1)c1cc(C)ccc1n2-c1ccc(-c2c(C#N)c(-c3ccc(-n4c5ccc(C)cc5c5cc(C)ccc54)cc3)c(-c3nc4ccccc4o3)c(-c3ccc(-n4c5ccc(C)cc5c5cc(C)ccc54)cc3)c2-c2ccc(-n3c4ccc(C)cc4c4cc(C)ccc43)cc2)cc1. The van der Waals surface area contributed by atoms with Crippen molar-refractivity contribution in [3.63, 3.8) is 0 Å². The summed E-state index contributed by atoms with van der Waals surface area (Å²) < 4.78 is 16.7. The Kier molecular flexibility index (Phi) is 13.3. The van der Waals surface area contributed by atoms with Crippen LogP contribution < -0.4 is 0 Å². The molecule has 0 spiro atoms. The number of aryl methyl sites for hydroxylation is 8. The highest BCUT2D eigenvalue weighted by Crippen LogP contribution is 2.54. The zero-order valence-electron chi connectivity index (χ0n) is 57.5. The second kappa shape index (κ2) is 22.7. The van der Waals surface area contributed by atoms with E-state index in [-0.39, 0.29) is 0 Å². The van der Waals surface area contributed by atoms with Crippen LogP contribution in [0, 0.1) is 66.7 Å². The minimum atomic E-state index is 0.412. The third-order valence-electron chi connectivity index (χ3n) is 21.1. The van der Waals surface area contributed by atoms with E-state index in [0.29, 0.717) is 22.6 Å². The lowest BCUT2D eigenvalue weighted by Crippen LogP contribution is -2.03. The van der Waals surface area contributed by atoms with E-state index in [4.69, 9.17) is 9.40 Å². The molecule has 0 fully saturated rings. The first-order chi connectivity index (χ1) is 49.3. The Hall–Kier alpha value is -12.8. The summed E-state index contributed by atoms with van der Waals surface area (Å²) in [6, 6.07) is 101. The molecule has 19 rings (SSSR count). The third-order valence-corrected chi connectivity index (χ3v) is 21.1. The number of oxazole rings is 1. The number of para-hydroxylation sites is 2. The van der Waals surface area contributed by atoms with Gasteiger partial charge in [0.1, 0.15) is 11.6 Å². The Morgan fingerprint density at radius 2 is 0.505 bits per heavy atom. The summed E-state index contributed by atoms with van der Waals surface area (Å²) in [7, 11) is 0. The number of rotatable bonds is 9. The van der Waals surface area contributed by atoms with Gasteiger partial charge in [-0.25, -0.2) is 4.98 Å². The maximum atomic E-state index is 12.7. The van der Waals surface area contributed by atoms with Gasteiger partial charge in [0, 0.05) is 82.5 Å². The van der Waals surface area contributed by atoms with Crippen molar-refractivity contribution in [3.8, 4) is 84.8 Å². The number of fused-ring (bicyclic) bond motifs is 13. The zero-order valence-corrected chi connectivity index (χ0v) is 57.5. The number of hydrogen-bond donors (Lipinski definition) is 0. The van der Waals surface area contributed by atoms with Crippen LogP contribution in [0.25, 0.3) is 177 Å². The van der Waals surface area contributed by atoms with Gasteiger partial charge in [-0.2, -0.15) is 5.26 Å². The Morgan fingerprint density at radius 1 is 0.267 bits per heavy atom. The molecule has 0 atom stereocenters. The average Bonchev–Trinajstić information content (AvgIpc) is 1.35. The van der Waals surface area contributed by atoms with E-state index in [9.17, 15) is 5.26 Å². The van der Waals surface area contributed by atoms with Crippen molar-refractivity contribution in [3.05, 3.63) is 317 Å². The van der Waals surface area contributed by atoms with E-state index in [1.54, 1.807) is 0 Å². The standard InChI is InChI=1S/C94H68N6O/c1-54-13-37-80-70(45-54)71-46-55(2)14-38-81(71)97(80)66-29-21-62(22-30-66)89-78(53-95)90(63-23-31-67(32-24-63)98-82-39-15-56(3)47-72(82)73-48-57(4)16-40-83(73)98)93(94-96-79-11-9-10-12-88(79)101-94)92(65-27-35-69(36-28-65)100-86-43-19-60(7)51-76(86)77-52-61(8)20-44-87(77)100)91(89)64-25-33-68(34-26-64)99-84-41-17-58(5)49-74(84)75-50-59(6)18-42-85(75)99/h9-52H,1-8H3. The largest absolute Gasteiger partial charge is 0.436 e. The molecule has 0 saturated heterocycles. The number of hydrogen-bond acceptors (Lipinski definition) is 3. The quantitative estimate of drug-likeness (QED) is 0.145. The summed E-state index contributed by atoms with van der Waals surface area (Å²) in [4.78, 5) is 5.48. The van der Waals surface area contributed by atoms with Crippen molar-refractivity contribution >= 4 is 98.3 Å². The number of benzene rings is 14. The monoisotopic (exact) mass is 1300 g/mol. The van der Waals surface area contributed by atoms with Gasteiger partial charge in [-0.05, 0) is 241 Å². The fourth-order valence-electron chi connectivity index (χ4n) is 16.4. The van der Waals surface area contributed by atoms with E-state index in [1.807, 2.05) is 24.3 Å². The molecule has 480 valence electrons. The highest BCUT2D eigenvalue weighted by atomic mass is 16.3.